The summed E-state index contributed by atoms with van der Waals surface area (Å²) in [6.07, 6.45) is 5.61. The maximum absolute atomic E-state index is 11.4. The van der Waals surface area contributed by atoms with Crippen molar-refractivity contribution < 1.29 is 4.79 Å². The standard InChI is InChI=1S/C11H19N3OS/c1-2-3-4-5-13-8-6-14-10(15)9(12)11(14)16-7-8/h6,9,11,13H,2-5,7,12H2,1H3/t9?,11-/m1/s1. The number of amides is 1. The number of hydrogen-bond donors (Lipinski definition) is 2. The third-order valence-corrected chi connectivity index (χ3v) is 4.30. The van der Waals surface area contributed by atoms with Gasteiger partial charge in [-0.25, -0.2) is 0 Å². The van der Waals surface area contributed by atoms with Gasteiger partial charge in [0.15, 0.2) is 0 Å². The summed E-state index contributed by atoms with van der Waals surface area (Å²) in [6.45, 7) is 3.19. The Morgan fingerprint density at radius 2 is 2.44 bits per heavy atom. The Balaban J connectivity index is 1.79. The molecule has 0 radical (unpaired) electrons. The van der Waals surface area contributed by atoms with Crippen LogP contribution in [0.3, 0.4) is 0 Å². The van der Waals surface area contributed by atoms with Gasteiger partial charge in [0.1, 0.15) is 11.4 Å². The van der Waals surface area contributed by atoms with Gasteiger partial charge in [-0.2, -0.15) is 0 Å². The van der Waals surface area contributed by atoms with Crippen molar-refractivity contribution in [3.8, 4) is 0 Å². The van der Waals surface area contributed by atoms with Crippen molar-refractivity contribution in [1.82, 2.24) is 10.2 Å². The first-order valence-corrected chi connectivity index (χ1v) is 6.93. The van der Waals surface area contributed by atoms with E-state index in [1.807, 2.05) is 6.20 Å². The summed E-state index contributed by atoms with van der Waals surface area (Å²) in [5.41, 5.74) is 6.85. The lowest BCUT2D eigenvalue weighted by Crippen LogP contribution is -2.66. The van der Waals surface area contributed by atoms with Crippen LogP contribution >= 0.6 is 11.8 Å². The van der Waals surface area contributed by atoms with Crippen LogP contribution in [0.4, 0.5) is 0 Å². The van der Waals surface area contributed by atoms with Crippen LogP contribution in [0, 0.1) is 0 Å². The number of β-lactam (4-membered cyclic amide) rings is 1. The zero-order valence-corrected chi connectivity index (χ0v) is 10.4. The molecule has 0 spiro atoms. The molecule has 90 valence electrons. The third kappa shape index (κ3) is 2.20. The van der Waals surface area contributed by atoms with Gasteiger partial charge in [-0.15, -0.1) is 11.8 Å². The molecule has 2 rings (SSSR count). The second-order valence-corrected chi connectivity index (χ2v) is 5.37. The van der Waals surface area contributed by atoms with Crippen LogP contribution in [0.5, 0.6) is 0 Å². The summed E-state index contributed by atoms with van der Waals surface area (Å²) >= 11 is 1.75. The Kier molecular flexibility index (Phi) is 3.76. The van der Waals surface area contributed by atoms with Crippen molar-refractivity contribution >= 4 is 17.7 Å². The Morgan fingerprint density at radius 1 is 1.62 bits per heavy atom. The Labute approximate surface area is 101 Å². The van der Waals surface area contributed by atoms with E-state index in [1.54, 1.807) is 16.7 Å². The quantitative estimate of drug-likeness (QED) is 0.553. The molecule has 0 aromatic heterocycles. The van der Waals surface area contributed by atoms with E-state index in [-0.39, 0.29) is 17.3 Å². The molecule has 5 heteroatoms. The van der Waals surface area contributed by atoms with Crippen LogP contribution in [-0.4, -0.2) is 34.5 Å². The number of fused-ring (bicyclic) bond motifs is 1. The highest BCUT2D eigenvalue weighted by molar-refractivity contribution is 8.00. The average molecular weight is 241 g/mol. The summed E-state index contributed by atoms with van der Waals surface area (Å²) in [5.74, 6) is 0.985. The molecular formula is C11H19N3OS. The SMILES string of the molecule is CCCCCNC1=CN2C(=O)C(N)[C@H]2SC1. The third-order valence-electron chi connectivity index (χ3n) is 2.96. The first-order valence-electron chi connectivity index (χ1n) is 5.88. The van der Waals surface area contributed by atoms with Crippen LogP contribution in [0.25, 0.3) is 0 Å². The van der Waals surface area contributed by atoms with Gasteiger partial charge in [0.2, 0.25) is 5.91 Å². The molecule has 1 amide bonds. The molecule has 1 unspecified atom stereocenters. The number of rotatable bonds is 5. The lowest BCUT2D eigenvalue weighted by atomic mass is 10.1. The van der Waals surface area contributed by atoms with E-state index in [1.165, 1.54) is 19.3 Å². The fraction of sp³-hybridized carbons (Fsp3) is 0.727. The van der Waals surface area contributed by atoms with Gasteiger partial charge in [0.05, 0.1) is 0 Å². The minimum atomic E-state index is -0.289. The fourth-order valence-corrected chi connectivity index (χ4v) is 3.11. The van der Waals surface area contributed by atoms with Gasteiger partial charge < -0.3 is 16.0 Å². The summed E-state index contributed by atoms with van der Waals surface area (Å²) in [5, 5.41) is 3.56. The summed E-state index contributed by atoms with van der Waals surface area (Å²) in [7, 11) is 0. The van der Waals surface area contributed by atoms with Crippen LogP contribution in [0.2, 0.25) is 0 Å². The maximum Gasteiger partial charge on any atom is 0.247 e. The van der Waals surface area contributed by atoms with Crippen molar-refractivity contribution in [2.24, 2.45) is 5.73 Å². The number of nitrogens with two attached hydrogens (primary N) is 1. The summed E-state index contributed by atoms with van der Waals surface area (Å²) in [6, 6.07) is -0.289. The first kappa shape index (κ1) is 11.8. The second-order valence-electron chi connectivity index (χ2n) is 4.26. The van der Waals surface area contributed by atoms with E-state index >= 15 is 0 Å². The van der Waals surface area contributed by atoms with Crippen molar-refractivity contribution in [3.05, 3.63) is 11.9 Å². The van der Waals surface area contributed by atoms with E-state index in [9.17, 15) is 4.79 Å². The number of carbonyl (C=O) groups excluding carboxylic acids is 1. The Morgan fingerprint density at radius 3 is 3.19 bits per heavy atom. The molecule has 0 saturated carbocycles. The van der Waals surface area contributed by atoms with Crippen LogP contribution in [0.1, 0.15) is 26.2 Å². The molecule has 2 aliphatic rings. The van der Waals surface area contributed by atoms with Crippen molar-refractivity contribution in [3.63, 3.8) is 0 Å². The minimum Gasteiger partial charge on any atom is -0.386 e. The molecule has 4 nitrogen and oxygen atoms in total. The smallest absolute Gasteiger partial charge is 0.247 e. The van der Waals surface area contributed by atoms with E-state index in [0.717, 1.165) is 18.0 Å². The second kappa shape index (κ2) is 5.10. The van der Waals surface area contributed by atoms with Crippen LogP contribution in [-0.2, 0) is 4.79 Å². The van der Waals surface area contributed by atoms with Crippen LogP contribution in [0.15, 0.2) is 11.9 Å². The molecule has 2 atom stereocenters. The lowest BCUT2D eigenvalue weighted by molar-refractivity contribution is -0.140. The topological polar surface area (TPSA) is 58.4 Å². The molecule has 0 aliphatic carbocycles. The van der Waals surface area contributed by atoms with Gasteiger partial charge in [0, 0.05) is 24.2 Å². The summed E-state index contributed by atoms with van der Waals surface area (Å²) < 4.78 is 0. The number of hydrogen-bond acceptors (Lipinski definition) is 4. The molecule has 1 saturated heterocycles. The molecule has 2 heterocycles. The van der Waals surface area contributed by atoms with E-state index in [2.05, 4.69) is 12.2 Å². The highest BCUT2D eigenvalue weighted by Crippen LogP contribution is 2.34. The first-order chi connectivity index (χ1) is 7.74. The Hall–Kier alpha value is -0.680. The zero-order valence-electron chi connectivity index (χ0n) is 9.61. The maximum atomic E-state index is 11.4. The molecular weight excluding hydrogens is 222 g/mol. The van der Waals surface area contributed by atoms with E-state index < -0.39 is 0 Å². The van der Waals surface area contributed by atoms with E-state index in [0.29, 0.717) is 0 Å². The zero-order chi connectivity index (χ0) is 11.5. The number of nitrogens with zero attached hydrogens (tertiary/aromatic N) is 1. The number of unbranched alkanes of at least 4 members (excludes halogenated alkanes) is 2. The van der Waals surface area contributed by atoms with Crippen molar-refractivity contribution in [2.45, 2.75) is 37.6 Å². The predicted octanol–water partition coefficient (Wildman–Crippen LogP) is 0.850. The molecule has 0 aromatic rings. The molecule has 3 N–H and O–H groups in total. The largest absolute Gasteiger partial charge is 0.386 e. The molecule has 0 bridgehead atoms. The van der Waals surface area contributed by atoms with Gasteiger partial charge in [-0.05, 0) is 6.42 Å². The van der Waals surface area contributed by atoms with Crippen molar-refractivity contribution in [2.75, 3.05) is 12.3 Å². The number of thioether (sulfide) groups is 1. The lowest BCUT2D eigenvalue weighted by Gasteiger charge is -2.45. The predicted molar refractivity (Wildman–Crippen MR) is 66.7 cm³/mol. The number of nitrogens with one attached hydrogen (secondary N) is 1. The molecule has 1 fully saturated rings. The Bertz CT molecular complexity index is 306. The summed E-state index contributed by atoms with van der Waals surface area (Å²) in [4.78, 5) is 13.2. The molecule has 16 heavy (non-hydrogen) atoms. The van der Waals surface area contributed by atoms with Gasteiger partial charge >= 0.3 is 0 Å². The van der Waals surface area contributed by atoms with Crippen LogP contribution < -0.4 is 11.1 Å². The van der Waals surface area contributed by atoms with Crippen molar-refractivity contribution in [1.29, 1.82) is 0 Å². The van der Waals surface area contributed by atoms with Gasteiger partial charge in [-0.1, -0.05) is 19.8 Å². The number of carbonyl (C=O) groups is 1. The van der Waals surface area contributed by atoms with Gasteiger partial charge in [0.25, 0.3) is 0 Å². The highest BCUT2D eigenvalue weighted by Gasteiger charge is 2.46. The minimum absolute atomic E-state index is 0.0464. The fourth-order valence-electron chi connectivity index (χ4n) is 1.93. The van der Waals surface area contributed by atoms with Gasteiger partial charge in [-0.3, -0.25) is 4.79 Å². The molecule has 2 aliphatic heterocycles. The molecule has 0 aromatic carbocycles. The average Bonchev–Trinajstić information content (AvgIpc) is 2.33. The highest BCUT2D eigenvalue weighted by atomic mass is 32.2. The monoisotopic (exact) mass is 241 g/mol. The normalized spacial score (nSPS) is 28.2. The van der Waals surface area contributed by atoms with E-state index in [4.69, 9.17) is 5.73 Å².